The Bertz CT molecular complexity index is 1030. The molecule has 11 heteroatoms. The van der Waals surface area contributed by atoms with Crippen LogP contribution in [0, 0.1) is 6.92 Å². The first kappa shape index (κ1) is 25.4. The van der Waals surface area contributed by atoms with Crippen LogP contribution in [0.25, 0.3) is 11.0 Å². The summed E-state index contributed by atoms with van der Waals surface area (Å²) in [6, 6.07) is 3.02. The Kier molecular flexibility index (Phi) is 7.64. The van der Waals surface area contributed by atoms with E-state index in [2.05, 4.69) is 0 Å². The van der Waals surface area contributed by atoms with Crippen molar-refractivity contribution in [2.45, 2.75) is 63.3 Å². The number of aryl methyl sites for hydroxylation is 1. The molecule has 1 aromatic carbocycles. The Hall–Kier alpha value is -2.25. The molecule has 0 fully saturated rings. The maximum atomic E-state index is 12.5. The van der Waals surface area contributed by atoms with Crippen LogP contribution >= 0.6 is 0 Å². The summed E-state index contributed by atoms with van der Waals surface area (Å²) in [5.74, 6) is 1.30. The summed E-state index contributed by atoms with van der Waals surface area (Å²) in [6.45, 7) is 3.75. The lowest BCUT2D eigenvalue weighted by Crippen LogP contribution is -2.48. The molecule has 5 unspecified atom stereocenters. The van der Waals surface area contributed by atoms with Gasteiger partial charge in [0.2, 0.25) is 0 Å². The van der Waals surface area contributed by atoms with Crippen LogP contribution in [0.2, 0.25) is 0 Å². The van der Waals surface area contributed by atoms with Crippen LogP contribution < -0.4 is 14.9 Å². The van der Waals surface area contributed by atoms with E-state index in [1.54, 1.807) is 26.8 Å². The zero-order valence-electron chi connectivity index (χ0n) is 18.8. The van der Waals surface area contributed by atoms with E-state index in [1.807, 2.05) is 0 Å². The molecule has 0 amide bonds. The molecular weight excluding hydrogens is 440 g/mol. The van der Waals surface area contributed by atoms with Gasteiger partial charge < -0.3 is 39.4 Å². The number of fused-ring (bicyclic) bond motifs is 2. The summed E-state index contributed by atoms with van der Waals surface area (Å²) in [5, 5.41) is 48.0. The normalized spacial score (nSPS) is 19.6. The van der Waals surface area contributed by atoms with Crippen molar-refractivity contribution in [3.8, 4) is 11.5 Å². The van der Waals surface area contributed by atoms with Crippen molar-refractivity contribution in [1.82, 2.24) is 0 Å². The third-order valence-corrected chi connectivity index (χ3v) is 5.64. The van der Waals surface area contributed by atoms with E-state index in [1.165, 1.54) is 13.2 Å². The molecule has 184 valence electrons. The molecule has 11 nitrogen and oxygen atoms in total. The molecule has 3 rings (SSSR count). The van der Waals surface area contributed by atoms with E-state index in [0.29, 0.717) is 40.2 Å². The Morgan fingerprint density at radius 1 is 1.15 bits per heavy atom. The quantitative estimate of drug-likeness (QED) is 0.226. The van der Waals surface area contributed by atoms with Crippen LogP contribution in [0.4, 0.5) is 0 Å². The molecule has 1 aliphatic rings. The van der Waals surface area contributed by atoms with Gasteiger partial charge in [0.25, 0.3) is 0 Å². The number of benzene rings is 1. The fourth-order valence-corrected chi connectivity index (χ4v) is 3.69. The number of hydrogen-bond acceptors (Lipinski definition) is 11. The fourth-order valence-electron chi connectivity index (χ4n) is 3.69. The third-order valence-electron chi connectivity index (χ3n) is 5.64. The Labute approximate surface area is 189 Å². The molecule has 33 heavy (non-hydrogen) atoms. The average molecular weight is 470 g/mol. The molecule has 5 atom stereocenters. The second-order valence-corrected chi connectivity index (χ2v) is 8.56. The largest absolute Gasteiger partial charge is 0.495 e. The molecule has 0 aliphatic carbocycles. The predicted octanol–water partition coefficient (Wildman–Crippen LogP) is -0.424. The number of ether oxygens (including phenoxy) is 2. The van der Waals surface area contributed by atoms with E-state index >= 15 is 0 Å². The summed E-state index contributed by atoms with van der Waals surface area (Å²) >= 11 is 0. The molecule has 0 bridgehead atoms. The van der Waals surface area contributed by atoms with Gasteiger partial charge in [-0.25, -0.2) is 9.78 Å². The molecule has 2 heterocycles. The van der Waals surface area contributed by atoms with Gasteiger partial charge >= 0.3 is 0 Å². The minimum atomic E-state index is -1.77. The van der Waals surface area contributed by atoms with Crippen molar-refractivity contribution in [1.29, 1.82) is 0 Å². The summed E-state index contributed by atoms with van der Waals surface area (Å²) < 4.78 is 17.2. The highest BCUT2D eigenvalue weighted by atomic mass is 17.2. The minimum absolute atomic E-state index is 0.225. The van der Waals surface area contributed by atoms with Gasteiger partial charge in [-0.05, 0) is 20.8 Å². The predicted molar refractivity (Wildman–Crippen MR) is 114 cm³/mol. The van der Waals surface area contributed by atoms with Crippen LogP contribution in [0.15, 0.2) is 21.3 Å². The smallest absolute Gasteiger partial charge is 0.196 e. The molecule has 0 saturated heterocycles. The SMILES string of the molecule is COc1c2c(cc3oc(C)cc(=O)c13)OC(C(C)(C)OOCC(O)C(O)C(O)C(O)CO)C2. The number of aliphatic hydroxyl groups is 5. The molecular formula is C22H30O11. The van der Waals surface area contributed by atoms with Crippen molar-refractivity contribution in [2.24, 2.45) is 0 Å². The van der Waals surface area contributed by atoms with Gasteiger partial charge in [-0.15, -0.1) is 0 Å². The molecule has 0 spiro atoms. The fraction of sp³-hybridized carbons (Fsp3) is 0.591. The first-order valence-electron chi connectivity index (χ1n) is 10.4. The lowest BCUT2D eigenvalue weighted by atomic mass is 9.96. The van der Waals surface area contributed by atoms with Crippen molar-refractivity contribution in [2.75, 3.05) is 20.3 Å². The summed E-state index contributed by atoms with van der Waals surface area (Å²) in [5.41, 5.74) is -0.250. The van der Waals surface area contributed by atoms with Gasteiger partial charge in [0.15, 0.2) is 5.43 Å². The van der Waals surface area contributed by atoms with E-state index < -0.39 is 49.3 Å². The Morgan fingerprint density at radius 2 is 1.82 bits per heavy atom. The topological polar surface area (TPSA) is 168 Å². The average Bonchev–Trinajstić information content (AvgIpc) is 3.20. The Balaban J connectivity index is 1.70. The summed E-state index contributed by atoms with van der Waals surface area (Å²) in [4.78, 5) is 23.0. The Morgan fingerprint density at radius 3 is 2.45 bits per heavy atom. The van der Waals surface area contributed by atoms with Gasteiger partial charge in [-0.1, -0.05) is 0 Å². The maximum absolute atomic E-state index is 12.5. The van der Waals surface area contributed by atoms with Gasteiger partial charge in [0.05, 0.1) is 13.7 Å². The van der Waals surface area contributed by atoms with Crippen molar-refractivity contribution in [3.63, 3.8) is 0 Å². The number of rotatable bonds is 10. The van der Waals surface area contributed by atoms with Crippen molar-refractivity contribution < 1.29 is 49.2 Å². The first-order chi connectivity index (χ1) is 15.5. The zero-order valence-corrected chi connectivity index (χ0v) is 18.8. The molecule has 0 radical (unpaired) electrons. The van der Waals surface area contributed by atoms with Crippen molar-refractivity contribution >= 4 is 11.0 Å². The van der Waals surface area contributed by atoms with Crippen LogP contribution in [0.3, 0.4) is 0 Å². The lowest BCUT2D eigenvalue weighted by molar-refractivity contribution is -0.375. The van der Waals surface area contributed by atoms with Gasteiger partial charge in [-0.2, -0.15) is 0 Å². The number of methoxy groups -OCH3 is 1. The van der Waals surface area contributed by atoms with Crippen LogP contribution in [0.5, 0.6) is 11.5 Å². The highest BCUT2D eigenvalue weighted by molar-refractivity contribution is 5.87. The highest BCUT2D eigenvalue weighted by Crippen LogP contribution is 2.43. The molecule has 5 N–H and O–H groups in total. The van der Waals surface area contributed by atoms with E-state index in [9.17, 15) is 25.2 Å². The van der Waals surface area contributed by atoms with E-state index in [0.717, 1.165) is 0 Å². The van der Waals surface area contributed by atoms with E-state index in [-0.39, 0.29) is 5.43 Å². The monoisotopic (exact) mass is 470 g/mol. The van der Waals surface area contributed by atoms with E-state index in [4.69, 9.17) is 28.8 Å². The summed E-state index contributed by atoms with van der Waals surface area (Å²) in [6.07, 6.45) is -6.97. The molecule has 0 saturated carbocycles. The van der Waals surface area contributed by atoms with Gasteiger partial charge in [-0.3, -0.25) is 4.79 Å². The number of aliphatic hydroxyl groups excluding tert-OH is 5. The zero-order chi connectivity index (χ0) is 24.5. The first-order valence-corrected chi connectivity index (χ1v) is 10.4. The molecule has 2 aromatic rings. The lowest BCUT2D eigenvalue weighted by Gasteiger charge is -2.30. The second-order valence-electron chi connectivity index (χ2n) is 8.56. The van der Waals surface area contributed by atoms with Gasteiger partial charge in [0, 0.05) is 24.1 Å². The molecule has 1 aromatic heterocycles. The van der Waals surface area contributed by atoms with Gasteiger partial charge in [0.1, 0.15) is 71.0 Å². The third kappa shape index (κ3) is 5.14. The number of hydrogen-bond donors (Lipinski definition) is 5. The van der Waals surface area contributed by atoms with Crippen LogP contribution in [0.1, 0.15) is 25.2 Å². The standard InChI is InChI=1S/C22H30O11/c1-10-5-12(24)18-16(31-10)7-15-11(21(18)29-4)6-17(32-15)22(2,3)33-30-9-14(26)20(28)19(27)13(25)8-23/h5,7,13-14,17,19-20,23,25-28H,6,8-9H2,1-4H3. The highest BCUT2D eigenvalue weighted by Gasteiger charge is 2.41. The van der Waals surface area contributed by atoms with Crippen LogP contribution in [-0.2, 0) is 16.2 Å². The molecule has 1 aliphatic heterocycles. The minimum Gasteiger partial charge on any atom is -0.495 e. The second kappa shape index (κ2) is 9.94. The van der Waals surface area contributed by atoms with Crippen molar-refractivity contribution in [3.05, 3.63) is 33.7 Å². The maximum Gasteiger partial charge on any atom is 0.196 e. The van der Waals surface area contributed by atoms with Crippen LogP contribution in [-0.4, -0.2) is 82.0 Å². The summed E-state index contributed by atoms with van der Waals surface area (Å²) in [7, 11) is 1.46.